The van der Waals surface area contributed by atoms with Crippen molar-refractivity contribution < 1.29 is 18.3 Å². The van der Waals surface area contributed by atoms with E-state index in [1.54, 1.807) is 30.3 Å². The number of anilines is 1. The molecule has 1 aliphatic carbocycles. The Morgan fingerprint density at radius 1 is 1.23 bits per heavy atom. The normalized spacial score (nSPS) is 14.3. The summed E-state index contributed by atoms with van der Waals surface area (Å²) in [5.74, 6) is -0.275. The first-order chi connectivity index (χ1) is 14.7. The maximum absolute atomic E-state index is 14.4. The van der Waals surface area contributed by atoms with Crippen LogP contribution in [-0.2, 0) is 0 Å². The number of ether oxygens (including phenoxy) is 1. The number of H-pyrrole nitrogens is 1. The highest BCUT2D eigenvalue weighted by Gasteiger charge is 2.20. The number of halogens is 1. The van der Waals surface area contributed by atoms with E-state index in [0.717, 1.165) is 25.7 Å². The fourth-order valence-electron chi connectivity index (χ4n) is 3.75. The minimum absolute atomic E-state index is 0.0611. The maximum Gasteiger partial charge on any atom is 0.259 e. The summed E-state index contributed by atoms with van der Waals surface area (Å²) in [4.78, 5) is 12.8. The Morgan fingerprint density at radius 2 is 2.10 bits per heavy atom. The van der Waals surface area contributed by atoms with Gasteiger partial charge in [-0.05, 0) is 54.3 Å². The molecule has 1 amide bonds. The number of furan rings is 1. The highest BCUT2D eigenvalue weighted by molar-refractivity contribution is 6.13. The maximum atomic E-state index is 14.4. The minimum atomic E-state index is -0.503. The molecule has 5 rings (SSSR count). The molecule has 2 N–H and O–H groups in total. The van der Waals surface area contributed by atoms with Gasteiger partial charge >= 0.3 is 0 Å². The van der Waals surface area contributed by atoms with Crippen LogP contribution in [0, 0.1) is 5.82 Å². The first kappa shape index (κ1) is 18.3. The van der Waals surface area contributed by atoms with Crippen LogP contribution in [0.1, 0.15) is 36.0 Å². The molecule has 1 saturated carbocycles. The largest absolute Gasteiger partial charge is 0.487 e. The van der Waals surface area contributed by atoms with Crippen LogP contribution in [0.2, 0.25) is 0 Å². The predicted octanol–water partition coefficient (Wildman–Crippen LogP) is 4.33. The third kappa shape index (κ3) is 3.38. The standard InChI is InChI=1S/C21H18FN5O3/c22-17-10-12(8-9-18(17)30-13-4-1-2-5-13)23-21(28)16-11-29-19-14(16)6-3-7-15(19)20-24-26-27-25-20/h3,6-11,13H,1-2,4-5H2,(H,23,28)(H,24,25,26,27). The van der Waals surface area contributed by atoms with Gasteiger partial charge in [0.25, 0.3) is 5.91 Å². The zero-order chi connectivity index (χ0) is 20.5. The van der Waals surface area contributed by atoms with Crippen molar-refractivity contribution in [2.24, 2.45) is 0 Å². The number of benzene rings is 2. The van der Waals surface area contributed by atoms with Crippen LogP contribution in [0.25, 0.3) is 22.4 Å². The summed E-state index contributed by atoms with van der Waals surface area (Å²) in [6, 6.07) is 9.76. The van der Waals surface area contributed by atoms with Gasteiger partial charge in [0.2, 0.25) is 0 Å². The van der Waals surface area contributed by atoms with Crippen LogP contribution in [0.15, 0.2) is 47.1 Å². The molecule has 1 fully saturated rings. The topological polar surface area (TPSA) is 106 Å². The number of rotatable bonds is 5. The van der Waals surface area contributed by atoms with Crippen LogP contribution >= 0.6 is 0 Å². The Hall–Kier alpha value is -3.75. The molecule has 1 aliphatic rings. The number of carbonyl (C=O) groups excluding carboxylic acids is 1. The van der Waals surface area contributed by atoms with E-state index in [4.69, 9.17) is 9.15 Å². The average molecular weight is 407 g/mol. The van der Waals surface area contributed by atoms with Crippen molar-refractivity contribution >= 4 is 22.6 Å². The van der Waals surface area contributed by atoms with Gasteiger partial charge in [-0.25, -0.2) is 9.49 Å². The number of amides is 1. The van der Waals surface area contributed by atoms with Crippen molar-refractivity contribution in [1.29, 1.82) is 0 Å². The van der Waals surface area contributed by atoms with Crippen LogP contribution in [0.3, 0.4) is 0 Å². The van der Waals surface area contributed by atoms with E-state index in [9.17, 15) is 9.18 Å². The molecule has 152 valence electrons. The lowest BCUT2D eigenvalue weighted by Crippen LogP contribution is -2.13. The van der Waals surface area contributed by atoms with E-state index in [-0.39, 0.29) is 11.9 Å². The highest BCUT2D eigenvalue weighted by atomic mass is 19.1. The zero-order valence-electron chi connectivity index (χ0n) is 15.9. The average Bonchev–Trinajstić information content (AvgIpc) is 3.51. The molecular formula is C21H18FN5O3. The smallest absolute Gasteiger partial charge is 0.259 e. The number of carbonyl (C=O) groups is 1. The van der Waals surface area contributed by atoms with Crippen molar-refractivity contribution in [3.8, 4) is 17.1 Å². The second kappa shape index (κ2) is 7.58. The summed E-state index contributed by atoms with van der Waals surface area (Å²) in [6.45, 7) is 0. The Kier molecular flexibility index (Phi) is 4.62. The number of hydrogen-bond acceptors (Lipinski definition) is 6. The number of hydrogen-bond donors (Lipinski definition) is 2. The number of aromatic nitrogens is 4. The lowest BCUT2D eigenvalue weighted by atomic mass is 10.1. The highest BCUT2D eigenvalue weighted by Crippen LogP contribution is 2.31. The van der Waals surface area contributed by atoms with Crippen LogP contribution in [0.5, 0.6) is 5.75 Å². The van der Waals surface area contributed by atoms with E-state index in [2.05, 4.69) is 25.9 Å². The molecule has 0 atom stereocenters. The molecule has 4 aromatic rings. The van der Waals surface area contributed by atoms with E-state index in [0.29, 0.717) is 33.6 Å². The number of nitrogens with zero attached hydrogens (tertiary/aromatic N) is 3. The van der Waals surface area contributed by atoms with Gasteiger partial charge in [0.15, 0.2) is 17.4 Å². The minimum Gasteiger partial charge on any atom is -0.487 e. The summed E-state index contributed by atoms with van der Waals surface area (Å²) in [6.07, 6.45) is 5.52. The lowest BCUT2D eigenvalue weighted by Gasteiger charge is -2.14. The fraction of sp³-hybridized carbons (Fsp3) is 0.238. The van der Waals surface area contributed by atoms with Crippen molar-refractivity contribution in [3.05, 3.63) is 54.0 Å². The monoisotopic (exact) mass is 407 g/mol. The Morgan fingerprint density at radius 3 is 2.87 bits per heavy atom. The second-order valence-corrected chi connectivity index (χ2v) is 7.21. The first-order valence-corrected chi connectivity index (χ1v) is 9.71. The lowest BCUT2D eigenvalue weighted by molar-refractivity contribution is 0.102. The van der Waals surface area contributed by atoms with Crippen molar-refractivity contribution in [1.82, 2.24) is 20.6 Å². The molecule has 2 aromatic carbocycles. The fourth-order valence-corrected chi connectivity index (χ4v) is 3.75. The van der Waals surface area contributed by atoms with Crippen molar-refractivity contribution in [2.45, 2.75) is 31.8 Å². The molecule has 8 nitrogen and oxygen atoms in total. The van der Waals surface area contributed by atoms with Gasteiger partial charge in [-0.3, -0.25) is 4.79 Å². The van der Waals surface area contributed by atoms with Crippen LogP contribution in [0.4, 0.5) is 10.1 Å². The Bertz CT molecular complexity index is 1200. The number of nitrogens with one attached hydrogen (secondary N) is 2. The number of fused-ring (bicyclic) bond motifs is 1. The van der Waals surface area contributed by atoms with Crippen molar-refractivity contribution in [2.75, 3.05) is 5.32 Å². The van der Waals surface area contributed by atoms with Gasteiger partial charge in [-0.15, -0.1) is 5.10 Å². The predicted molar refractivity (Wildman–Crippen MR) is 107 cm³/mol. The summed E-state index contributed by atoms with van der Waals surface area (Å²) in [5.41, 5.74) is 1.77. The molecule has 0 spiro atoms. The Balaban J connectivity index is 1.37. The van der Waals surface area contributed by atoms with Crippen LogP contribution in [-0.4, -0.2) is 32.6 Å². The number of aromatic amines is 1. The van der Waals surface area contributed by atoms with Gasteiger partial charge < -0.3 is 14.5 Å². The second-order valence-electron chi connectivity index (χ2n) is 7.21. The van der Waals surface area contributed by atoms with Gasteiger partial charge in [0.05, 0.1) is 17.2 Å². The molecule has 2 aromatic heterocycles. The van der Waals surface area contributed by atoms with E-state index >= 15 is 0 Å². The van der Waals surface area contributed by atoms with E-state index in [1.165, 1.54) is 12.3 Å². The molecule has 0 bridgehead atoms. The summed E-state index contributed by atoms with van der Waals surface area (Å²) in [7, 11) is 0. The Labute approximate surface area is 170 Å². The van der Waals surface area contributed by atoms with Gasteiger partial charge in [-0.1, -0.05) is 12.1 Å². The molecule has 30 heavy (non-hydrogen) atoms. The molecule has 0 saturated heterocycles. The molecule has 0 radical (unpaired) electrons. The number of para-hydroxylation sites is 1. The summed E-state index contributed by atoms with van der Waals surface area (Å²) >= 11 is 0. The molecule has 0 unspecified atom stereocenters. The quantitative estimate of drug-likeness (QED) is 0.510. The summed E-state index contributed by atoms with van der Waals surface area (Å²) < 4.78 is 25.8. The molecule has 9 heteroatoms. The van der Waals surface area contributed by atoms with Gasteiger partial charge in [0.1, 0.15) is 11.8 Å². The first-order valence-electron chi connectivity index (χ1n) is 9.71. The molecular weight excluding hydrogens is 389 g/mol. The van der Waals surface area contributed by atoms with E-state index < -0.39 is 11.7 Å². The molecule has 2 heterocycles. The SMILES string of the molecule is O=C(Nc1ccc(OC2CCCC2)c(F)c1)c1coc2c(-c3nnn[nH]3)cccc12. The van der Waals surface area contributed by atoms with Crippen molar-refractivity contribution in [3.63, 3.8) is 0 Å². The third-order valence-corrected chi connectivity index (χ3v) is 5.23. The number of tetrazole rings is 1. The van der Waals surface area contributed by atoms with Crippen LogP contribution < -0.4 is 10.1 Å². The third-order valence-electron chi connectivity index (χ3n) is 5.23. The zero-order valence-corrected chi connectivity index (χ0v) is 15.9. The van der Waals surface area contributed by atoms with E-state index in [1.807, 2.05) is 0 Å². The van der Waals surface area contributed by atoms with Gasteiger partial charge in [-0.2, -0.15) is 0 Å². The van der Waals surface area contributed by atoms with Gasteiger partial charge in [0, 0.05) is 17.1 Å². The molecule has 0 aliphatic heterocycles. The summed E-state index contributed by atoms with van der Waals surface area (Å²) in [5, 5.41) is 17.0.